The van der Waals surface area contributed by atoms with Crippen LogP contribution >= 0.6 is 0 Å². The Hall–Kier alpha value is -1.42. The molecule has 0 amide bonds. The van der Waals surface area contributed by atoms with E-state index in [1.165, 1.54) is 0 Å². The summed E-state index contributed by atoms with van der Waals surface area (Å²) >= 11 is 0. The summed E-state index contributed by atoms with van der Waals surface area (Å²) in [6, 6.07) is 3.42. The van der Waals surface area contributed by atoms with Crippen LogP contribution in [0.5, 0.6) is 0 Å². The van der Waals surface area contributed by atoms with Gasteiger partial charge < -0.3 is 10.4 Å². The second-order valence-corrected chi connectivity index (χ2v) is 4.36. The maximum absolute atomic E-state index is 11.1. The van der Waals surface area contributed by atoms with Crippen molar-refractivity contribution in [3.05, 3.63) is 30.1 Å². The maximum Gasteiger partial charge on any atom is 0.321 e. The van der Waals surface area contributed by atoms with Crippen LogP contribution < -0.4 is 5.32 Å². The van der Waals surface area contributed by atoms with Gasteiger partial charge in [0, 0.05) is 17.8 Å². The molecule has 4 nitrogen and oxygen atoms in total. The number of pyridine rings is 1. The molecule has 0 radical (unpaired) electrons. The zero-order chi connectivity index (χ0) is 10.5. The van der Waals surface area contributed by atoms with E-state index in [-0.39, 0.29) is 5.41 Å². The molecule has 2 N–H and O–H groups in total. The summed E-state index contributed by atoms with van der Waals surface area (Å²) in [5.74, 6) is -0.276. The zero-order valence-corrected chi connectivity index (χ0v) is 8.18. The van der Waals surface area contributed by atoms with Crippen molar-refractivity contribution in [1.82, 2.24) is 10.3 Å². The number of nitrogens with zero attached hydrogens (tertiary/aromatic N) is 1. The van der Waals surface area contributed by atoms with Gasteiger partial charge in [0.1, 0.15) is 6.04 Å². The van der Waals surface area contributed by atoms with Crippen LogP contribution in [0.4, 0.5) is 0 Å². The van der Waals surface area contributed by atoms with Crippen LogP contribution in [0.3, 0.4) is 0 Å². The average molecular weight is 204 g/mol. The van der Waals surface area contributed by atoms with Crippen molar-refractivity contribution >= 4 is 5.97 Å². The fourth-order valence-corrected chi connectivity index (χ4v) is 2.86. The first kappa shape index (κ1) is 8.85. The van der Waals surface area contributed by atoms with Crippen LogP contribution in [-0.4, -0.2) is 28.6 Å². The minimum absolute atomic E-state index is 0.180. The standard InChI is InChI=1S/C11H12N2O2/c14-10(15)9-11(4-8(11)6-13-9)7-2-1-3-12-5-7/h1-3,5,8-9,13H,4,6H2,(H,14,15). The van der Waals surface area contributed by atoms with Gasteiger partial charge >= 0.3 is 5.97 Å². The molecule has 2 aliphatic rings. The molecule has 3 unspecified atom stereocenters. The molecule has 2 fully saturated rings. The number of hydrogen-bond donors (Lipinski definition) is 2. The van der Waals surface area contributed by atoms with Gasteiger partial charge in [-0.05, 0) is 30.5 Å². The lowest BCUT2D eigenvalue weighted by atomic mass is 9.89. The van der Waals surface area contributed by atoms with E-state index in [1.54, 1.807) is 12.4 Å². The van der Waals surface area contributed by atoms with Gasteiger partial charge in [0.2, 0.25) is 0 Å². The molecule has 0 aromatic carbocycles. The number of carboxylic acids is 1. The molecule has 1 aromatic rings. The first-order valence-corrected chi connectivity index (χ1v) is 5.12. The first-order valence-electron chi connectivity index (χ1n) is 5.12. The molecule has 1 aromatic heterocycles. The van der Waals surface area contributed by atoms with Gasteiger partial charge in [-0.2, -0.15) is 0 Å². The van der Waals surface area contributed by atoms with Gasteiger partial charge in [0.15, 0.2) is 0 Å². The highest BCUT2D eigenvalue weighted by Gasteiger charge is 2.66. The van der Waals surface area contributed by atoms with E-state index in [2.05, 4.69) is 10.3 Å². The van der Waals surface area contributed by atoms with Gasteiger partial charge in [0.25, 0.3) is 0 Å². The highest BCUT2D eigenvalue weighted by molar-refractivity contribution is 5.78. The van der Waals surface area contributed by atoms with Crippen LogP contribution in [0.15, 0.2) is 24.5 Å². The summed E-state index contributed by atoms with van der Waals surface area (Å²) in [5.41, 5.74) is 0.882. The van der Waals surface area contributed by atoms with Crippen LogP contribution in [0.2, 0.25) is 0 Å². The normalized spacial score (nSPS) is 37.3. The van der Waals surface area contributed by atoms with Crippen molar-refractivity contribution in [1.29, 1.82) is 0 Å². The number of carbonyl (C=O) groups is 1. The molecule has 3 rings (SSSR count). The minimum Gasteiger partial charge on any atom is -0.480 e. The lowest BCUT2D eigenvalue weighted by molar-refractivity contribution is -0.139. The van der Waals surface area contributed by atoms with Gasteiger partial charge in [0.05, 0.1) is 0 Å². The van der Waals surface area contributed by atoms with E-state index < -0.39 is 12.0 Å². The Labute approximate surface area is 87.3 Å². The first-order chi connectivity index (χ1) is 7.25. The second-order valence-electron chi connectivity index (χ2n) is 4.36. The SMILES string of the molecule is O=C(O)C1NCC2CC21c1cccnc1. The van der Waals surface area contributed by atoms with Crippen molar-refractivity contribution in [3.63, 3.8) is 0 Å². The molecule has 1 saturated heterocycles. The number of aromatic nitrogens is 1. The largest absolute Gasteiger partial charge is 0.480 e. The average Bonchev–Trinajstić information content (AvgIpc) is 2.86. The number of aliphatic carboxylic acids is 1. The number of carboxylic acid groups (broad SMARTS) is 1. The van der Waals surface area contributed by atoms with E-state index in [0.29, 0.717) is 5.92 Å². The monoisotopic (exact) mass is 204 g/mol. The topological polar surface area (TPSA) is 62.2 Å². The quantitative estimate of drug-likeness (QED) is 0.731. The molecular formula is C11H12N2O2. The molecule has 1 saturated carbocycles. The highest BCUT2D eigenvalue weighted by Crippen LogP contribution is 2.59. The molecule has 2 heterocycles. The molecule has 1 aliphatic heterocycles. The molecule has 1 aliphatic carbocycles. The van der Waals surface area contributed by atoms with E-state index >= 15 is 0 Å². The predicted octanol–water partition coefficient (Wildman–Crippen LogP) is 0.396. The summed E-state index contributed by atoms with van der Waals surface area (Å²) in [4.78, 5) is 15.2. The third-order valence-corrected chi connectivity index (χ3v) is 3.68. The van der Waals surface area contributed by atoms with E-state index in [0.717, 1.165) is 18.5 Å². The van der Waals surface area contributed by atoms with Crippen molar-refractivity contribution in [2.24, 2.45) is 5.92 Å². The maximum atomic E-state index is 11.1. The lowest BCUT2D eigenvalue weighted by Gasteiger charge is -2.19. The fraction of sp³-hybridized carbons (Fsp3) is 0.455. The second kappa shape index (κ2) is 2.79. The van der Waals surface area contributed by atoms with Crippen LogP contribution in [0, 0.1) is 5.92 Å². The Balaban J connectivity index is 2.02. The van der Waals surface area contributed by atoms with E-state index in [9.17, 15) is 4.79 Å². The van der Waals surface area contributed by atoms with Crippen molar-refractivity contribution in [3.8, 4) is 0 Å². The summed E-state index contributed by atoms with van der Waals surface area (Å²) in [6.45, 7) is 0.811. The summed E-state index contributed by atoms with van der Waals surface area (Å²) in [5, 5.41) is 12.2. The number of rotatable bonds is 2. The Morgan fingerprint density at radius 1 is 1.67 bits per heavy atom. The van der Waals surface area contributed by atoms with Crippen LogP contribution in [0.25, 0.3) is 0 Å². The number of hydrogen-bond acceptors (Lipinski definition) is 3. The zero-order valence-electron chi connectivity index (χ0n) is 8.18. The summed E-state index contributed by atoms with van der Waals surface area (Å²) in [7, 11) is 0. The molecule has 3 atom stereocenters. The van der Waals surface area contributed by atoms with Crippen LogP contribution in [0.1, 0.15) is 12.0 Å². The van der Waals surface area contributed by atoms with E-state index in [4.69, 9.17) is 5.11 Å². The number of nitrogens with one attached hydrogen (secondary N) is 1. The van der Waals surface area contributed by atoms with Gasteiger partial charge in [-0.1, -0.05) is 6.07 Å². The summed E-state index contributed by atoms with van der Waals surface area (Å²) < 4.78 is 0. The Bertz CT molecular complexity index is 406. The Morgan fingerprint density at radius 2 is 2.53 bits per heavy atom. The van der Waals surface area contributed by atoms with Gasteiger partial charge in [-0.3, -0.25) is 9.78 Å². The molecule has 4 heteroatoms. The molecule has 15 heavy (non-hydrogen) atoms. The third kappa shape index (κ3) is 1.05. The predicted molar refractivity (Wildman–Crippen MR) is 53.4 cm³/mol. The highest BCUT2D eigenvalue weighted by atomic mass is 16.4. The Morgan fingerprint density at radius 3 is 3.13 bits per heavy atom. The lowest BCUT2D eigenvalue weighted by Crippen LogP contribution is -2.41. The van der Waals surface area contributed by atoms with Gasteiger partial charge in [-0.15, -0.1) is 0 Å². The third-order valence-electron chi connectivity index (χ3n) is 3.68. The Kier molecular flexibility index (Phi) is 1.65. The minimum atomic E-state index is -0.751. The van der Waals surface area contributed by atoms with Gasteiger partial charge in [-0.25, -0.2) is 0 Å². The molecule has 78 valence electrons. The van der Waals surface area contributed by atoms with Crippen LogP contribution in [-0.2, 0) is 10.2 Å². The fourth-order valence-electron chi connectivity index (χ4n) is 2.86. The smallest absolute Gasteiger partial charge is 0.321 e. The van der Waals surface area contributed by atoms with Crippen molar-refractivity contribution in [2.45, 2.75) is 17.9 Å². The van der Waals surface area contributed by atoms with Crippen molar-refractivity contribution < 1.29 is 9.90 Å². The van der Waals surface area contributed by atoms with Crippen molar-refractivity contribution in [2.75, 3.05) is 6.54 Å². The summed E-state index contributed by atoms with van der Waals surface area (Å²) in [6.07, 6.45) is 4.49. The molecular weight excluding hydrogens is 192 g/mol. The molecule has 0 spiro atoms. The van der Waals surface area contributed by atoms with E-state index in [1.807, 2.05) is 12.1 Å². The number of fused-ring (bicyclic) bond motifs is 1. The number of piperidine rings is 1. The molecule has 0 bridgehead atoms.